The minimum atomic E-state index is -0.845. The van der Waals surface area contributed by atoms with Crippen molar-refractivity contribution in [1.82, 2.24) is 0 Å². The topological polar surface area (TPSA) is 49.9 Å². The quantitative estimate of drug-likeness (QED) is 0.532. The summed E-state index contributed by atoms with van der Waals surface area (Å²) in [5.74, 6) is -2.31. The predicted octanol–water partition coefficient (Wildman–Crippen LogP) is 1.89. The number of amidine groups is 1. The average Bonchev–Trinajstić information content (AvgIpc) is 2.02. The lowest BCUT2D eigenvalue weighted by molar-refractivity contribution is 0.578. The van der Waals surface area contributed by atoms with Crippen molar-refractivity contribution in [2.24, 2.45) is 5.73 Å². The molecule has 1 aromatic rings. The van der Waals surface area contributed by atoms with Crippen LogP contribution in [0, 0.1) is 17.0 Å². The van der Waals surface area contributed by atoms with Gasteiger partial charge in [-0.25, -0.2) is 8.78 Å². The molecule has 0 atom stereocenters. The molecule has 2 nitrogen and oxygen atoms in total. The van der Waals surface area contributed by atoms with Crippen LogP contribution >= 0.6 is 0 Å². The number of nitrogens with two attached hydrogens (primary N) is 1. The van der Waals surface area contributed by atoms with Gasteiger partial charge in [0.15, 0.2) is 0 Å². The monoisotopic (exact) mass is 182 g/mol. The Balaban J connectivity index is 3.39. The van der Waals surface area contributed by atoms with Crippen molar-refractivity contribution in [2.45, 2.75) is 0 Å². The van der Waals surface area contributed by atoms with Gasteiger partial charge in [-0.05, 0) is 17.7 Å². The summed E-state index contributed by atoms with van der Waals surface area (Å²) in [7, 11) is 0. The van der Waals surface area contributed by atoms with E-state index in [4.69, 9.17) is 11.1 Å². The van der Waals surface area contributed by atoms with Gasteiger partial charge in [0.05, 0.1) is 5.56 Å². The smallest absolute Gasteiger partial charge is 0.137 e. The zero-order valence-electron chi connectivity index (χ0n) is 6.77. The molecule has 0 fully saturated rings. The molecule has 0 aliphatic heterocycles. The van der Waals surface area contributed by atoms with E-state index in [-0.39, 0.29) is 0 Å². The first-order chi connectivity index (χ1) is 6.06. The molecule has 0 radical (unpaired) electrons. The molecule has 0 saturated carbocycles. The maximum absolute atomic E-state index is 13.0. The van der Waals surface area contributed by atoms with E-state index in [1.54, 1.807) is 0 Å². The summed E-state index contributed by atoms with van der Waals surface area (Å²) in [6.45, 7) is 3.37. The van der Waals surface area contributed by atoms with Gasteiger partial charge in [0.1, 0.15) is 17.5 Å². The van der Waals surface area contributed by atoms with Crippen LogP contribution in [0.2, 0.25) is 0 Å². The molecule has 68 valence electrons. The Kier molecular flexibility index (Phi) is 2.41. The van der Waals surface area contributed by atoms with Crippen LogP contribution in [-0.2, 0) is 0 Å². The van der Waals surface area contributed by atoms with Gasteiger partial charge in [0.25, 0.3) is 0 Å². The fourth-order valence-corrected chi connectivity index (χ4v) is 0.968. The van der Waals surface area contributed by atoms with Crippen molar-refractivity contribution in [1.29, 1.82) is 5.41 Å². The second-order valence-electron chi connectivity index (χ2n) is 2.48. The van der Waals surface area contributed by atoms with Crippen molar-refractivity contribution >= 4 is 11.9 Å². The third kappa shape index (κ3) is 1.72. The molecule has 0 spiro atoms. The fraction of sp³-hybridized carbons (Fsp3) is 0. The standard InChI is InChI=1S/C9H8F2N2/c1-2-5-3-6(10)8(9(12)13)7(11)4-5/h2-4H,1H2,(H3,12,13). The van der Waals surface area contributed by atoms with Crippen LogP contribution in [0.25, 0.3) is 6.08 Å². The van der Waals surface area contributed by atoms with Gasteiger partial charge < -0.3 is 5.73 Å². The van der Waals surface area contributed by atoms with Gasteiger partial charge in [0, 0.05) is 0 Å². The minimum absolute atomic E-state index is 0.319. The molecule has 0 unspecified atom stereocenters. The summed E-state index contributed by atoms with van der Waals surface area (Å²) in [4.78, 5) is 0. The van der Waals surface area contributed by atoms with E-state index >= 15 is 0 Å². The molecule has 3 N–H and O–H groups in total. The molecule has 0 bridgehead atoms. The van der Waals surface area contributed by atoms with E-state index in [1.807, 2.05) is 0 Å². The summed E-state index contributed by atoms with van der Waals surface area (Å²) >= 11 is 0. The van der Waals surface area contributed by atoms with E-state index in [0.717, 1.165) is 12.1 Å². The second-order valence-corrected chi connectivity index (χ2v) is 2.48. The Morgan fingerprint density at radius 2 is 1.85 bits per heavy atom. The van der Waals surface area contributed by atoms with Crippen LogP contribution in [0.4, 0.5) is 8.78 Å². The highest BCUT2D eigenvalue weighted by Gasteiger charge is 2.12. The summed E-state index contributed by atoms with van der Waals surface area (Å²) in [5, 5.41) is 6.92. The molecule has 0 aliphatic carbocycles. The molecule has 1 rings (SSSR count). The molecule has 0 amide bonds. The van der Waals surface area contributed by atoms with Gasteiger partial charge in [-0.3, -0.25) is 5.41 Å². The average molecular weight is 182 g/mol. The van der Waals surface area contributed by atoms with Gasteiger partial charge in [-0.15, -0.1) is 0 Å². The lowest BCUT2D eigenvalue weighted by Gasteiger charge is -2.03. The molecule has 0 aliphatic rings. The highest BCUT2D eigenvalue weighted by Crippen LogP contribution is 2.15. The molecule has 1 aromatic carbocycles. The summed E-state index contributed by atoms with van der Waals surface area (Å²) in [6, 6.07) is 2.15. The van der Waals surface area contributed by atoms with Crippen LogP contribution < -0.4 is 5.73 Å². The van der Waals surface area contributed by atoms with Crippen LogP contribution in [0.5, 0.6) is 0 Å². The largest absolute Gasteiger partial charge is 0.384 e. The predicted molar refractivity (Wildman–Crippen MR) is 47.5 cm³/mol. The first-order valence-corrected chi connectivity index (χ1v) is 3.52. The third-order valence-corrected chi connectivity index (χ3v) is 1.57. The van der Waals surface area contributed by atoms with Gasteiger partial charge >= 0.3 is 0 Å². The molecular formula is C9H8F2N2. The molecular weight excluding hydrogens is 174 g/mol. The van der Waals surface area contributed by atoms with Crippen molar-refractivity contribution in [3.8, 4) is 0 Å². The normalized spacial score (nSPS) is 9.69. The summed E-state index contributed by atoms with van der Waals surface area (Å²) in [5.41, 5.74) is 4.81. The first kappa shape index (κ1) is 9.38. The SMILES string of the molecule is C=Cc1cc(F)c(C(=N)N)c(F)c1. The van der Waals surface area contributed by atoms with Crippen LogP contribution in [0.3, 0.4) is 0 Å². The van der Waals surface area contributed by atoms with E-state index in [9.17, 15) is 8.78 Å². The van der Waals surface area contributed by atoms with Gasteiger partial charge in [-0.2, -0.15) is 0 Å². The number of nitrogen functional groups attached to an aromatic ring is 1. The highest BCUT2D eigenvalue weighted by molar-refractivity contribution is 5.95. The number of nitrogens with one attached hydrogen (secondary N) is 1. The maximum Gasteiger partial charge on any atom is 0.137 e. The summed E-state index contributed by atoms with van der Waals surface area (Å²) in [6.07, 6.45) is 1.32. The molecule has 0 saturated heterocycles. The number of rotatable bonds is 2. The van der Waals surface area contributed by atoms with Crippen LogP contribution in [-0.4, -0.2) is 5.84 Å². The number of benzene rings is 1. The highest BCUT2D eigenvalue weighted by atomic mass is 19.1. The molecule has 0 aromatic heterocycles. The molecule has 13 heavy (non-hydrogen) atoms. The number of halogens is 2. The van der Waals surface area contributed by atoms with Crippen LogP contribution in [0.1, 0.15) is 11.1 Å². The van der Waals surface area contributed by atoms with Crippen molar-refractivity contribution < 1.29 is 8.78 Å². The van der Waals surface area contributed by atoms with Crippen LogP contribution in [0.15, 0.2) is 18.7 Å². The molecule has 0 heterocycles. The van der Waals surface area contributed by atoms with Crippen molar-refractivity contribution in [2.75, 3.05) is 0 Å². The Labute approximate surface area is 74.2 Å². The Morgan fingerprint density at radius 3 is 2.15 bits per heavy atom. The molecule has 4 heteroatoms. The fourth-order valence-electron chi connectivity index (χ4n) is 0.968. The number of hydrogen-bond acceptors (Lipinski definition) is 1. The zero-order chi connectivity index (χ0) is 10.0. The minimum Gasteiger partial charge on any atom is -0.384 e. The first-order valence-electron chi connectivity index (χ1n) is 3.52. The van der Waals surface area contributed by atoms with Gasteiger partial charge in [0.2, 0.25) is 0 Å². The zero-order valence-corrected chi connectivity index (χ0v) is 6.77. The summed E-state index contributed by atoms with van der Waals surface area (Å²) < 4.78 is 26.1. The van der Waals surface area contributed by atoms with Crippen molar-refractivity contribution in [3.05, 3.63) is 41.5 Å². The second kappa shape index (κ2) is 3.35. The Bertz CT molecular complexity index is 349. The van der Waals surface area contributed by atoms with Crippen molar-refractivity contribution in [3.63, 3.8) is 0 Å². The Morgan fingerprint density at radius 1 is 1.38 bits per heavy atom. The van der Waals surface area contributed by atoms with Gasteiger partial charge in [-0.1, -0.05) is 12.7 Å². The van der Waals surface area contributed by atoms with E-state index in [0.29, 0.717) is 5.56 Å². The Hall–Kier alpha value is -1.71. The van der Waals surface area contributed by atoms with E-state index in [2.05, 4.69) is 6.58 Å². The lowest BCUT2D eigenvalue weighted by Crippen LogP contribution is -2.15. The van der Waals surface area contributed by atoms with E-state index < -0.39 is 23.0 Å². The lowest BCUT2D eigenvalue weighted by atomic mass is 10.1. The number of hydrogen-bond donors (Lipinski definition) is 2. The third-order valence-electron chi connectivity index (χ3n) is 1.57. The maximum atomic E-state index is 13.0. The van der Waals surface area contributed by atoms with E-state index in [1.165, 1.54) is 6.08 Å².